The molecule has 1 aliphatic heterocycles. The first-order valence-corrected chi connectivity index (χ1v) is 7.39. The van der Waals surface area contributed by atoms with Crippen LogP contribution in [0.15, 0.2) is 36.9 Å². The van der Waals surface area contributed by atoms with Crippen LogP contribution in [0.5, 0.6) is 0 Å². The lowest BCUT2D eigenvalue weighted by Crippen LogP contribution is -2.16. The Kier molecular flexibility index (Phi) is 2.16. The molecule has 5 nitrogen and oxygen atoms in total. The molecule has 2 aromatic heterocycles. The van der Waals surface area contributed by atoms with Crippen molar-refractivity contribution in [2.24, 2.45) is 0 Å². The van der Waals surface area contributed by atoms with Gasteiger partial charge in [-0.05, 0) is 24.0 Å². The number of nitrogens with zero attached hydrogens (tertiary/aromatic N) is 5. The number of benzene rings is 1. The summed E-state index contributed by atoms with van der Waals surface area (Å²) in [4.78, 5) is 15.8. The Morgan fingerprint density at radius 3 is 2.43 bits per heavy atom. The summed E-state index contributed by atoms with van der Waals surface area (Å²) in [6, 6.07) is 9.17. The second-order valence-electron chi connectivity index (χ2n) is 5.88. The Bertz CT molecular complexity index is 809. The maximum absolute atomic E-state index is 4.58. The van der Waals surface area contributed by atoms with Gasteiger partial charge in [0.1, 0.15) is 6.33 Å². The number of fused-ring (bicyclic) bond motifs is 2. The van der Waals surface area contributed by atoms with Crippen molar-refractivity contribution in [1.29, 1.82) is 0 Å². The Morgan fingerprint density at radius 1 is 0.952 bits per heavy atom. The summed E-state index contributed by atoms with van der Waals surface area (Å²) in [6.07, 6.45) is 6.06. The molecule has 0 radical (unpaired) electrons. The zero-order chi connectivity index (χ0) is 13.8. The average Bonchev–Trinajstić information content (AvgIpc) is 3.13. The molecule has 0 N–H and O–H groups in total. The third-order valence-electron chi connectivity index (χ3n) is 4.42. The second-order valence-corrected chi connectivity index (χ2v) is 5.88. The largest absolute Gasteiger partial charge is 0.346 e. The van der Waals surface area contributed by atoms with Gasteiger partial charge >= 0.3 is 0 Å². The Labute approximate surface area is 122 Å². The van der Waals surface area contributed by atoms with Crippen LogP contribution in [0.2, 0.25) is 0 Å². The number of anilines is 1. The highest BCUT2D eigenvalue weighted by Gasteiger charge is 2.28. The summed E-state index contributed by atoms with van der Waals surface area (Å²) in [7, 11) is 0. The fourth-order valence-corrected chi connectivity index (χ4v) is 3.17. The molecular formula is C16H15N5. The van der Waals surface area contributed by atoms with Gasteiger partial charge in [0.2, 0.25) is 0 Å². The smallest absolute Gasteiger partial charge is 0.165 e. The lowest BCUT2D eigenvalue weighted by molar-refractivity contribution is 0.756. The van der Waals surface area contributed by atoms with Crippen LogP contribution in [0, 0.1) is 0 Å². The summed E-state index contributed by atoms with van der Waals surface area (Å²) >= 11 is 0. The number of hydrogen-bond acceptors (Lipinski definition) is 4. The van der Waals surface area contributed by atoms with E-state index in [1.807, 2.05) is 6.33 Å². The summed E-state index contributed by atoms with van der Waals surface area (Å²) in [5, 5.41) is 0. The van der Waals surface area contributed by atoms with E-state index in [2.05, 4.69) is 48.7 Å². The minimum atomic E-state index is 0.591. The predicted octanol–water partition coefficient (Wildman–Crippen LogP) is 2.68. The van der Waals surface area contributed by atoms with Crippen molar-refractivity contribution in [2.45, 2.75) is 32.0 Å². The average molecular weight is 277 g/mol. The molecule has 0 bridgehead atoms. The van der Waals surface area contributed by atoms with Crippen LogP contribution >= 0.6 is 0 Å². The van der Waals surface area contributed by atoms with Gasteiger partial charge in [-0.25, -0.2) is 15.0 Å². The van der Waals surface area contributed by atoms with Gasteiger partial charge in [-0.2, -0.15) is 0 Å². The van der Waals surface area contributed by atoms with Gasteiger partial charge in [0.15, 0.2) is 17.0 Å². The standard InChI is InChI=1S/C16H15N5/c1-2-4-12-8-20(7-11(12)3-1)15-14-16(18-9-17-15)21(10-19-14)13-5-6-13/h1-4,9-10,13H,5-8H2. The molecule has 5 rings (SSSR count). The Balaban J connectivity index is 1.60. The zero-order valence-corrected chi connectivity index (χ0v) is 11.6. The van der Waals surface area contributed by atoms with E-state index in [-0.39, 0.29) is 0 Å². The van der Waals surface area contributed by atoms with Crippen molar-refractivity contribution in [3.05, 3.63) is 48.0 Å². The Morgan fingerprint density at radius 2 is 1.71 bits per heavy atom. The van der Waals surface area contributed by atoms with Crippen LogP contribution < -0.4 is 4.90 Å². The van der Waals surface area contributed by atoms with Crippen LogP contribution in [0.3, 0.4) is 0 Å². The molecule has 3 aromatic rings. The first kappa shape index (κ1) is 11.3. The molecule has 0 saturated heterocycles. The molecule has 2 aliphatic rings. The maximum Gasteiger partial charge on any atom is 0.165 e. The van der Waals surface area contributed by atoms with Crippen molar-refractivity contribution in [3.63, 3.8) is 0 Å². The van der Waals surface area contributed by atoms with Gasteiger partial charge in [0.05, 0.1) is 6.33 Å². The minimum Gasteiger partial charge on any atom is -0.346 e. The van der Waals surface area contributed by atoms with E-state index < -0.39 is 0 Å². The highest BCUT2D eigenvalue weighted by molar-refractivity contribution is 5.83. The van der Waals surface area contributed by atoms with Gasteiger partial charge in [-0.15, -0.1) is 0 Å². The van der Waals surface area contributed by atoms with Crippen LogP contribution in [0.1, 0.15) is 30.0 Å². The molecule has 0 amide bonds. The molecule has 5 heteroatoms. The molecule has 0 unspecified atom stereocenters. The first-order chi connectivity index (χ1) is 10.4. The van der Waals surface area contributed by atoms with E-state index in [1.165, 1.54) is 24.0 Å². The van der Waals surface area contributed by atoms with E-state index >= 15 is 0 Å². The molecule has 1 fully saturated rings. The van der Waals surface area contributed by atoms with Crippen molar-refractivity contribution in [3.8, 4) is 0 Å². The normalized spacial score (nSPS) is 17.4. The highest BCUT2D eigenvalue weighted by atomic mass is 15.2. The molecule has 0 atom stereocenters. The summed E-state index contributed by atoms with van der Waals surface area (Å²) in [5.74, 6) is 0.954. The molecule has 21 heavy (non-hydrogen) atoms. The van der Waals surface area contributed by atoms with E-state index in [4.69, 9.17) is 0 Å². The lowest BCUT2D eigenvalue weighted by atomic mass is 10.1. The summed E-state index contributed by atoms with van der Waals surface area (Å²) in [5.41, 5.74) is 4.66. The van der Waals surface area contributed by atoms with E-state index in [0.717, 1.165) is 30.1 Å². The van der Waals surface area contributed by atoms with Gasteiger partial charge < -0.3 is 9.47 Å². The number of imidazole rings is 1. The zero-order valence-electron chi connectivity index (χ0n) is 11.6. The SMILES string of the molecule is c1ccc2c(c1)CN(c1ncnc3c1ncn3C1CC1)C2. The third kappa shape index (κ3) is 1.67. The minimum absolute atomic E-state index is 0.591. The van der Waals surface area contributed by atoms with Crippen LogP contribution in [-0.2, 0) is 13.1 Å². The van der Waals surface area contributed by atoms with E-state index in [1.54, 1.807) is 6.33 Å². The fourth-order valence-electron chi connectivity index (χ4n) is 3.17. The topological polar surface area (TPSA) is 46.8 Å². The quantitative estimate of drug-likeness (QED) is 0.722. The molecular weight excluding hydrogens is 262 g/mol. The van der Waals surface area contributed by atoms with Crippen molar-refractivity contribution in [1.82, 2.24) is 19.5 Å². The monoisotopic (exact) mass is 277 g/mol. The number of aromatic nitrogens is 4. The van der Waals surface area contributed by atoms with Gasteiger partial charge in [-0.1, -0.05) is 24.3 Å². The van der Waals surface area contributed by atoms with Crippen molar-refractivity contribution in [2.75, 3.05) is 4.90 Å². The molecule has 1 aromatic carbocycles. The summed E-state index contributed by atoms with van der Waals surface area (Å²) in [6.45, 7) is 1.80. The van der Waals surface area contributed by atoms with Gasteiger partial charge in [0, 0.05) is 19.1 Å². The summed E-state index contributed by atoms with van der Waals surface area (Å²) < 4.78 is 2.20. The third-order valence-corrected chi connectivity index (χ3v) is 4.42. The fraction of sp³-hybridized carbons (Fsp3) is 0.312. The van der Waals surface area contributed by atoms with Crippen LogP contribution in [0.25, 0.3) is 11.2 Å². The molecule has 3 heterocycles. The van der Waals surface area contributed by atoms with Gasteiger partial charge in [-0.3, -0.25) is 0 Å². The molecule has 104 valence electrons. The molecule has 1 saturated carbocycles. The number of rotatable bonds is 2. The highest BCUT2D eigenvalue weighted by Crippen LogP contribution is 2.38. The maximum atomic E-state index is 4.58. The second kappa shape index (κ2) is 4.04. The van der Waals surface area contributed by atoms with Gasteiger partial charge in [0.25, 0.3) is 0 Å². The van der Waals surface area contributed by atoms with E-state index in [0.29, 0.717) is 6.04 Å². The molecule has 1 aliphatic carbocycles. The molecule has 0 spiro atoms. The van der Waals surface area contributed by atoms with Crippen LogP contribution in [0.4, 0.5) is 5.82 Å². The number of hydrogen-bond donors (Lipinski definition) is 0. The van der Waals surface area contributed by atoms with Crippen molar-refractivity contribution < 1.29 is 0 Å². The van der Waals surface area contributed by atoms with Crippen LogP contribution in [-0.4, -0.2) is 19.5 Å². The van der Waals surface area contributed by atoms with Crippen molar-refractivity contribution >= 4 is 17.0 Å². The first-order valence-electron chi connectivity index (χ1n) is 7.39. The Hall–Kier alpha value is -2.43. The van der Waals surface area contributed by atoms with E-state index in [9.17, 15) is 0 Å². The lowest BCUT2D eigenvalue weighted by Gasteiger charge is -2.16. The predicted molar refractivity (Wildman–Crippen MR) is 79.9 cm³/mol.